The molecular weight excluding hydrogens is 275 g/mol. The molecule has 1 rings (SSSR count). The van der Waals surface area contributed by atoms with E-state index in [9.17, 15) is 18.0 Å². The normalized spacial score (nSPS) is 11.5. The largest absolute Gasteiger partial charge is 0.484 e. The van der Waals surface area contributed by atoms with E-state index in [0.29, 0.717) is 5.69 Å². The summed E-state index contributed by atoms with van der Waals surface area (Å²) in [6, 6.07) is 5.62. The predicted octanol–water partition coefficient (Wildman–Crippen LogP) is 2.99. The zero-order valence-corrected chi connectivity index (χ0v) is 11.2. The first-order chi connectivity index (χ1) is 9.26. The molecule has 7 heteroatoms. The van der Waals surface area contributed by atoms with E-state index in [0.717, 1.165) is 0 Å². The zero-order chi connectivity index (χ0) is 15.2. The Morgan fingerprint density at radius 3 is 2.35 bits per heavy atom. The third-order valence-corrected chi connectivity index (χ3v) is 2.09. The Bertz CT molecular complexity index is 429. The number of halogens is 3. The summed E-state index contributed by atoms with van der Waals surface area (Å²) < 4.78 is 45.5. The van der Waals surface area contributed by atoms with E-state index in [1.54, 1.807) is 13.8 Å². The fourth-order valence-electron chi connectivity index (χ4n) is 1.24. The van der Waals surface area contributed by atoms with Crippen molar-refractivity contribution in [2.24, 2.45) is 0 Å². The van der Waals surface area contributed by atoms with Gasteiger partial charge in [-0.1, -0.05) is 0 Å². The minimum atomic E-state index is -4.37. The highest BCUT2D eigenvalue weighted by atomic mass is 19.4. The summed E-state index contributed by atoms with van der Waals surface area (Å²) >= 11 is 0. The van der Waals surface area contributed by atoms with Gasteiger partial charge in [-0.25, -0.2) is 0 Å². The summed E-state index contributed by atoms with van der Waals surface area (Å²) in [5, 5.41) is 2.56. The zero-order valence-electron chi connectivity index (χ0n) is 11.2. The number of amides is 1. The topological polar surface area (TPSA) is 47.6 Å². The van der Waals surface area contributed by atoms with E-state index in [1.807, 2.05) is 0 Å². The Morgan fingerprint density at radius 1 is 1.25 bits per heavy atom. The van der Waals surface area contributed by atoms with Gasteiger partial charge < -0.3 is 14.8 Å². The van der Waals surface area contributed by atoms with Crippen molar-refractivity contribution in [1.29, 1.82) is 0 Å². The molecule has 1 amide bonds. The Morgan fingerprint density at radius 2 is 1.85 bits per heavy atom. The van der Waals surface area contributed by atoms with E-state index in [-0.39, 0.29) is 24.4 Å². The van der Waals surface area contributed by atoms with Gasteiger partial charge in [0.2, 0.25) is 5.91 Å². The number of alkyl halides is 3. The van der Waals surface area contributed by atoms with Crippen LogP contribution in [-0.2, 0) is 9.53 Å². The van der Waals surface area contributed by atoms with Crippen molar-refractivity contribution in [3.8, 4) is 5.75 Å². The van der Waals surface area contributed by atoms with Crippen molar-refractivity contribution >= 4 is 11.6 Å². The molecule has 0 radical (unpaired) electrons. The first-order valence-corrected chi connectivity index (χ1v) is 5.97. The number of carbonyl (C=O) groups is 1. The van der Waals surface area contributed by atoms with Gasteiger partial charge in [-0.05, 0) is 38.1 Å². The summed E-state index contributed by atoms with van der Waals surface area (Å²) in [7, 11) is 0. The molecule has 0 aromatic heterocycles. The van der Waals surface area contributed by atoms with Gasteiger partial charge in [0.15, 0.2) is 6.61 Å². The van der Waals surface area contributed by atoms with Gasteiger partial charge in [0.05, 0.1) is 6.10 Å². The number of hydrogen-bond donors (Lipinski definition) is 1. The molecule has 0 saturated heterocycles. The van der Waals surface area contributed by atoms with Crippen molar-refractivity contribution in [2.45, 2.75) is 26.1 Å². The molecule has 112 valence electrons. The van der Waals surface area contributed by atoms with Crippen LogP contribution in [0.1, 0.15) is 13.8 Å². The molecule has 4 nitrogen and oxygen atoms in total. The van der Waals surface area contributed by atoms with Gasteiger partial charge in [0.25, 0.3) is 0 Å². The third kappa shape index (κ3) is 6.98. The van der Waals surface area contributed by atoms with E-state index in [1.165, 1.54) is 24.3 Å². The fourth-order valence-corrected chi connectivity index (χ4v) is 1.24. The van der Waals surface area contributed by atoms with Crippen LogP contribution in [0.5, 0.6) is 5.75 Å². The SMILES string of the molecule is CC(C)OCC(=O)Nc1ccc(OCC(F)(F)F)cc1. The lowest BCUT2D eigenvalue weighted by Gasteiger charge is -2.10. The predicted molar refractivity (Wildman–Crippen MR) is 67.7 cm³/mol. The third-order valence-electron chi connectivity index (χ3n) is 2.09. The summed E-state index contributed by atoms with van der Waals surface area (Å²) in [6.45, 7) is 2.19. The van der Waals surface area contributed by atoms with Crippen LogP contribution in [-0.4, -0.2) is 31.4 Å². The molecule has 0 aliphatic rings. The second kappa shape index (κ2) is 7.14. The molecule has 1 aromatic carbocycles. The number of hydrogen-bond acceptors (Lipinski definition) is 3. The number of anilines is 1. The molecule has 0 unspecified atom stereocenters. The highest BCUT2D eigenvalue weighted by Crippen LogP contribution is 2.20. The van der Waals surface area contributed by atoms with Crippen molar-refractivity contribution in [2.75, 3.05) is 18.5 Å². The van der Waals surface area contributed by atoms with Gasteiger partial charge in [0, 0.05) is 5.69 Å². The Hall–Kier alpha value is -1.76. The van der Waals surface area contributed by atoms with E-state index in [2.05, 4.69) is 10.1 Å². The highest BCUT2D eigenvalue weighted by molar-refractivity contribution is 5.91. The van der Waals surface area contributed by atoms with Gasteiger partial charge >= 0.3 is 6.18 Å². The highest BCUT2D eigenvalue weighted by Gasteiger charge is 2.28. The number of carbonyl (C=O) groups excluding carboxylic acids is 1. The maximum absolute atomic E-state index is 11.9. The van der Waals surface area contributed by atoms with E-state index >= 15 is 0 Å². The summed E-state index contributed by atoms with van der Waals surface area (Å²) in [6.07, 6.45) is -4.43. The van der Waals surface area contributed by atoms with Crippen LogP contribution < -0.4 is 10.1 Å². The lowest BCUT2D eigenvalue weighted by atomic mass is 10.3. The van der Waals surface area contributed by atoms with Gasteiger partial charge in [-0.3, -0.25) is 4.79 Å². The average Bonchev–Trinajstić information content (AvgIpc) is 2.34. The first-order valence-electron chi connectivity index (χ1n) is 5.97. The minimum absolute atomic E-state index is 0.0566. The number of nitrogens with one attached hydrogen (secondary N) is 1. The summed E-state index contributed by atoms with van der Waals surface area (Å²) in [4.78, 5) is 11.4. The van der Waals surface area contributed by atoms with Crippen LogP contribution in [0.3, 0.4) is 0 Å². The minimum Gasteiger partial charge on any atom is -0.484 e. The number of ether oxygens (including phenoxy) is 2. The van der Waals surface area contributed by atoms with Crippen LogP contribution in [0.15, 0.2) is 24.3 Å². The lowest BCUT2D eigenvalue weighted by molar-refractivity contribution is -0.153. The van der Waals surface area contributed by atoms with Crippen molar-refractivity contribution in [3.05, 3.63) is 24.3 Å². The fraction of sp³-hybridized carbons (Fsp3) is 0.462. The second-order valence-corrected chi connectivity index (χ2v) is 4.34. The molecule has 0 aliphatic carbocycles. The lowest BCUT2D eigenvalue weighted by Crippen LogP contribution is -2.20. The molecule has 0 heterocycles. The Kier molecular flexibility index (Phi) is 5.82. The molecule has 0 fully saturated rings. The van der Waals surface area contributed by atoms with Crippen molar-refractivity contribution in [3.63, 3.8) is 0 Å². The maximum Gasteiger partial charge on any atom is 0.422 e. The van der Waals surface area contributed by atoms with E-state index in [4.69, 9.17) is 4.74 Å². The molecule has 0 bridgehead atoms. The maximum atomic E-state index is 11.9. The second-order valence-electron chi connectivity index (χ2n) is 4.34. The molecule has 0 aliphatic heterocycles. The van der Waals surface area contributed by atoms with Crippen LogP contribution in [0.25, 0.3) is 0 Å². The Balaban J connectivity index is 2.44. The molecule has 0 saturated carbocycles. The average molecular weight is 291 g/mol. The molecule has 1 aromatic rings. The van der Waals surface area contributed by atoms with Crippen LogP contribution in [0, 0.1) is 0 Å². The summed E-state index contributed by atoms with van der Waals surface area (Å²) in [5.74, 6) is -0.249. The molecule has 0 atom stereocenters. The van der Waals surface area contributed by atoms with Crippen LogP contribution >= 0.6 is 0 Å². The molecule has 1 N–H and O–H groups in total. The summed E-state index contributed by atoms with van der Waals surface area (Å²) in [5.41, 5.74) is 0.460. The smallest absolute Gasteiger partial charge is 0.422 e. The standard InChI is InChI=1S/C13H16F3NO3/c1-9(2)19-7-12(18)17-10-3-5-11(6-4-10)20-8-13(14,15)16/h3-6,9H,7-8H2,1-2H3,(H,17,18). The quantitative estimate of drug-likeness (QED) is 0.876. The van der Waals surface area contributed by atoms with E-state index < -0.39 is 12.8 Å². The van der Waals surface area contributed by atoms with Crippen LogP contribution in [0.2, 0.25) is 0 Å². The Labute approximate surface area is 114 Å². The molecule has 0 spiro atoms. The van der Waals surface area contributed by atoms with Gasteiger partial charge in [0.1, 0.15) is 12.4 Å². The van der Waals surface area contributed by atoms with Crippen LogP contribution in [0.4, 0.5) is 18.9 Å². The van der Waals surface area contributed by atoms with Gasteiger partial charge in [-0.15, -0.1) is 0 Å². The van der Waals surface area contributed by atoms with Crippen molar-refractivity contribution in [1.82, 2.24) is 0 Å². The molecule has 20 heavy (non-hydrogen) atoms. The monoisotopic (exact) mass is 291 g/mol. The number of benzene rings is 1. The van der Waals surface area contributed by atoms with Gasteiger partial charge in [-0.2, -0.15) is 13.2 Å². The first kappa shape index (κ1) is 16.3. The van der Waals surface area contributed by atoms with Crippen molar-refractivity contribution < 1.29 is 27.4 Å². The molecular formula is C13H16F3NO3. The number of rotatable bonds is 6.